The van der Waals surface area contributed by atoms with E-state index in [4.69, 9.17) is 21.9 Å². The quantitative estimate of drug-likeness (QED) is 0.400. The number of nitrogens with two attached hydrogens (primary N) is 1. The summed E-state index contributed by atoms with van der Waals surface area (Å²) in [6.07, 6.45) is 4.40. The number of nitrogen functional groups attached to an aromatic ring is 1. The normalized spacial score (nSPS) is 15.4. The largest absolute Gasteiger partial charge is 0.371 e. The van der Waals surface area contributed by atoms with Crippen LogP contribution < -0.4 is 5.73 Å². The van der Waals surface area contributed by atoms with E-state index in [9.17, 15) is 9.90 Å². The van der Waals surface area contributed by atoms with Crippen LogP contribution >= 0.6 is 11.6 Å². The smallest absolute Gasteiger partial charge is 0.275 e. The van der Waals surface area contributed by atoms with Crippen LogP contribution in [0.25, 0.3) is 16.7 Å². The zero-order valence-corrected chi connectivity index (χ0v) is 20.5. The average molecular weight is 507 g/mol. The van der Waals surface area contributed by atoms with Crippen molar-refractivity contribution in [1.29, 1.82) is 0 Å². The van der Waals surface area contributed by atoms with Gasteiger partial charge >= 0.3 is 0 Å². The van der Waals surface area contributed by atoms with Crippen molar-refractivity contribution in [2.24, 2.45) is 0 Å². The molecule has 1 aliphatic rings. The maximum Gasteiger partial charge on any atom is 0.275 e. The Hall–Kier alpha value is -4.01. The van der Waals surface area contributed by atoms with Crippen LogP contribution in [0.15, 0.2) is 28.9 Å². The van der Waals surface area contributed by atoms with Crippen molar-refractivity contribution in [3.05, 3.63) is 52.4 Å². The van der Waals surface area contributed by atoms with E-state index in [2.05, 4.69) is 37.0 Å². The second kappa shape index (κ2) is 9.22. The van der Waals surface area contributed by atoms with Crippen molar-refractivity contribution in [3.63, 3.8) is 0 Å². The molecule has 4 aromatic rings. The van der Waals surface area contributed by atoms with Crippen LogP contribution in [0.4, 0.5) is 5.95 Å². The first-order valence-corrected chi connectivity index (χ1v) is 11.8. The van der Waals surface area contributed by atoms with Crippen molar-refractivity contribution in [1.82, 2.24) is 34.8 Å². The van der Waals surface area contributed by atoms with Gasteiger partial charge in [0.1, 0.15) is 5.02 Å². The number of hydrogen-bond donors (Lipinski definition) is 2. The fraction of sp³-hybridized carbons (Fsp3) is 0.333. The summed E-state index contributed by atoms with van der Waals surface area (Å²) in [5.74, 6) is 6.21. The van der Waals surface area contributed by atoms with E-state index in [1.165, 1.54) is 17.8 Å². The first kappa shape index (κ1) is 23.7. The summed E-state index contributed by atoms with van der Waals surface area (Å²) in [4.78, 5) is 27.4. The Morgan fingerprint density at radius 3 is 2.75 bits per heavy atom. The van der Waals surface area contributed by atoms with Gasteiger partial charge in [-0.25, -0.2) is 9.67 Å². The van der Waals surface area contributed by atoms with Gasteiger partial charge in [-0.15, -0.1) is 0 Å². The van der Waals surface area contributed by atoms with E-state index >= 15 is 0 Å². The summed E-state index contributed by atoms with van der Waals surface area (Å²) in [6.45, 7) is 4.47. The highest BCUT2D eigenvalue weighted by Crippen LogP contribution is 2.28. The van der Waals surface area contributed by atoms with E-state index in [0.29, 0.717) is 35.4 Å². The molecule has 1 amide bonds. The summed E-state index contributed by atoms with van der Waals surface area (Å²) >= 11 is 6.38. The van der Waals surface area contributed by atoms with Gasteiger partial charge in [-0.3, -0.25) is 4.79 Å². The molecule has 184 valence electrons. The third kappa shape index (κ3) is 4.48. The number of halogens is 1. The van der Waals surface area contributed by atoms with E-state index in [0.717, 1.165) is 19.3 Å². The molecule has 0 saturated carbocycles. The van der Waals surface area contributed by atoms with Crippen molar-refractivity contribution in [3.8, 4) is 17.7 Å². The minimum Gasteiger partial charge on any atom is -0.371 e. The number of nitrogens with zero attached hydrogens (tertiary/aromatic N) is 7. The van der Waals surface area contributed by atoms with E-state index < -0.39 is 5.60 Å². The number of amides is 1. The van der Waals surface area contributed by atoms with E-state index in [-0.39, 0.29) is 34.2 Å². The molecule has 1 aliphatic heterocycles. The lowest BCUT2D eigenvalue weighted by Crippen LogP contribution is -2.36. The Labute approximate surface area is 211 Å². The highest BCUT2D eigenvalue weighted by molar-refractivity contribution is 6.32. The third-order valence-corrected chi connectivity index (χ3v) is 6.15. The Morgan fingerprint density at radius 1 is 1.25 bits per heavy atom. The van der Waals surface area contributed by atoms with Gasteiger partial charge in [-0.1, -0.05) is 28.6 Å². The van der Waals surface area contributed by atoms with Crippen molar-refractivity contribution >= 4 is 34.4 Å². The molecule has 0 radical (unpaired) electrons. The van der Waals surface area contributed by atoms with E-state index in [1.807, 2.05) is 4.90 Å². The van der Waals surface area contributed by atoms with Gasteiger partial charge in [0.25, 0.3) is 5.91 Å². The summed E-state index contributed by atoms with van der Waals surface area (Å²) in [5, 5.41) is 19.9. The molecule has 0 aliphatic carbocycles. The minimum absolute atomic E-state index is 0.0179. The molecule has 0 bridgehead atoms. The minimum atomic E-state index is -1.63. The standard InChI is InChI=1S/C24H23ClN8O3/c1-14-28-22(31-36-14)24(2,35)9-8-15-6-7-16-18(12-15)33(20-17(25)13-27-23(26)29-20)30-19(16)21(34)32-10-4-3-5-11-32/h6-7,12-13,35H,3-5,10-11H2,1-2H3,(H2,26,27,29). The number of fused-ring (bicyclic) bond motifs is 1. The fourth-order valence-electron chi connectivity index (χ4n) is 4.03. The van der Waals surface area contributed by atoms with Gasteiger partial charge in [0, 0.05) is 31.0 Å². The maximum absolute atomic E-state index is 13.4. The SMILES string of the molecule is Cc1nc(C(C)(O)C#Cc2ccc3c(C(=O)N4CCCCC4)nn(-c4nc(N)ncc4Cl)c3c2)no1. The number of aryl methyl sites for hydroxylation is 1. The molecule has 0 spiro atoms. The van der Waals surface area contributed by atoms with Crippen LogP contribution in [0, 0.1) is 18.8 Å². The maximum atomic E-state index is 13.4. The molecule has 4 heterocycles. The lowest BCUT2D eigenvalue weighted by molar-refractivity contribution is 0.0719. The van der Waals surface area contributed by atoms with Crippen LogP contribution in [0.3, 0.4) is 0 Å². The second-order valence-electron chi connectivity index (χ2n) is 8.70. The molecule has 1 aromatic carbocycles. The van der Waals surface area contributed by atoms with Crippen LogP contribution in [-0.4, -0.2) is 58.9 Å². The summed E-state index contributed by atoms with van der Waals surface area (Å²) in [5.41, 5.74) is 5.57. The molecule has 5 rings (SSSR count). The highest BCUT2D eigenvalue weighted by Gasteiger charge is 2.27. The van der Waals surface area contributed by atoms with Gasteiger partial charge in [0.05, 0.1) is 11.7 Å². The first-order valence-electron chi connectivity index (χ1n) is 11.4. The predicted molar refractivity (Wildman–Crippen MR) is 131 cm³/mol. The van der Waals surface area contributed by atoms with Gasteiger partial charge in [-0.2, -0.15) is 15.1 Å². The number of aromatic nitrogens is 6. The van der Waals surface area contributed by atoms with Crippen LogP contribution in [0.5, 0.6) is 0 Å². The molecule has 3 aromatic heterocycles. The Balaban J connectivity index is 1.62. The van der Waals surface area contributed by atoms with Gasteiger partial charge in [0.15, 0.2) is 17.1 Å². The second-order valence-corrected chi connectivity index (χ2v) is 9.11. The number of likely N-dealkylation sites (tertiary alicyclic amines) is 1. The summed E-state index contributed by atoms with van der Waals surface area (Å²) in [7, 11) is 0. The predicted octanol–water partition coefficient (Wildman–Crippen LogP) is 2.63. The van der Waals surface area contributed by atoms with E-state index in [1.54, 1.807) is 25.1 Å². The number of carbonyl (C=O) groups excluding carboxylic acids is 1. The highest BCUT2D eigenvalue weighted by atomic mass is 35.5. The van der Waals surface area contributed by atoms with Crippen molar-refractivity contribution in [2.45, 2.75) is 38.7 Å². The number of rotatable bonds is 3. The monoisotopic (exact) mass is 506 g/mol. The molecular weight excluding hydrogens is 484 g/mol. The molecular formula is C24H23ClN8O3. The lowest BCUT2D eigenvalue weighted by atomic mass is 10.1. The summed E-state index contributed by atoms with van der Waals surface area (Å²) < 4.78 is 6.42. The lowest BCUT2D eigenvalue weighted by Gasteiger charge is -2.25. The third-order valence-electron chi connectivity index (χ3n) is 5.88. The van der Waals surface area contributed by atoms with Gasteiger partial charge in [0.2, 0.25) is 17.7 Å². The molecule has 12 heteroatoms. The number of piperidine rings is 1. The molecule has 36 heavy (non-hydrogen) atoms. The molecule has 11 nitrogen and oxygen atoms in total. The average Bonchev–Trinajstić information content (AvgIpc) is 3.48. The number of benzene rings is 1. The number of carbonyl (C=O) groups is 1. The zero-order valence-electron chi connectivity index (χ0n) is 19.7. The number of anilines is 1. The number of hydrogen-bond acceptors (Lipinski definition) is 9. The fourth-order valence-corrected chi connectivity index (χ4v) is 4.20. The first-order chi connectivity index (χ1) is 17.2. The van der Waals surface area contributed by atoms with Crippen molar-refractivity contribution in [2.75, 3.05) is 18.8 Å². The topological polar surface area (TPSA) is 149 Å². The van der Waals surface area contributed by atoms with Crippen molar-refractivity contribution < 1.29 is 14.4 Å². The Morgan fingerprint density at radius 2 is 2.03 bits per heavy atom. The van der Waals surface area contributed by atoms with Gasteiger partial charge < -0.3 is 20.3 Å². The van der Waals surface area contributed by atoms with Crippen LogP contribution in [-0.2, 0) is 5.60 Å². The molecule has 3 N–H and O–H groups in total. The van der Waals surface area contributed by atoms with Crippen LogP contribution in [0.1, 0.15) is 54.0 Å². The summed E-state index contributed by atoms with van der Waals surface area (Å²) in [6, 6.07) is 5.27. The molecule has 1 fully saturated rings. The Kier molecular flexibility index (Phi) is 6.07. The molecule has 1 atom stereocenters. The Bertz CT molecular complexity index is 1530. The number of aliphatic hydroxyl groups is 1. The zero-order chi connectivity index (χ0) is 25.4. The molecule has 1 unspecified atom stereocenters. The molecule has 1 saturated heterocycles. The van der Waals surface area contributed by atoms with Crippen LogP contribution in [0.2, 0.25) is 5.02 Å². The van der Waals surface area contributed by atoms with Gasteiger partial charge in [-0.05, 0) is 44.4 Å².